The number of carboxylic acid groups (broad SMARTS) is 2. The lowest BCUT2D eigenvalue weighted by atomic mass is 10.0. The molecule has 2 N–H and O–H groups in total. The van der Waals surface area contributed by atoms with Gasteiger partial charge in [0.25, 0.3) is 0 Å². The molecule has 0 aliphatic rings. The number of carbonyl (C=O) groups is 2. The Balaban J connectivity index is 1.35. The number of nitrogens with zero attached hydrogens (tertiary/aromatic N) is 1. The van der Waals surface area contributed by atoms with Crippen LogP contribution in [0.25, 0.3) is 23.1 Å². The first kappa shape index (κ1) is 28.4. The summed E-state index contributed by atoms with van der Waals surface area (Å²) >= 11 is 0. The first-order valence-electron chi connectivity index (χ1n) is 13.2. The molecule has 0 radical (unpaired) electrons. The van der Waals surface area contributed by atoms with Gasteiger partial charge in [0.2, 0.25) is 0 Å². The van der Waals surface area contributed by atoms with E-state index in [0.717, 1.165) is 46.2 Å². The standard InChI is InChI=1S/C32H32FNO6/c33-28-10-1-2-11-29(28)40-20-4-3-19-39-26-17-14-23(15-18-26)13-16-24-7-5-9-27-25(8-6-12-30(35)36)21-34(32(24)27)22-31(37)38/h1-2,5,7,9-11,13-18,21H,3-4,6,8,12,19-20,22H2,(H,35,36)(H,37,38). The normalized spacial score (nSPS) is 11.2. The molecule has 0 unspecified atom stereocenters. The quantitative estimate of drug-likeness (QED) is 0.128. The second-order valence-electron chi connectivity index (χ2n) is 9.40. The van der Waals surface area contributed by atoms with Gasteiger partial charge < -0.3 is 24.3 Å². The highest BCUT2D eigenvalue weighted by Gasteiger charge is 2.13. The van der Waals surface area contributed by atoms with E-state index < -0.39 is 11.9 Å². The molecule has 8 heteroatoms. The number of unbranched alkanes of at least 4 members (excludes halogenated alkanes) is 1. The lowest BCUT2D eigenvalue weighted by Crippen LogP contribution is -2.07. The van der Waals surface area contributed by atoms with Gasteiger partial charge in [0, 0.05) is 18.0 Å². The van der Waals surface area contributed by atoms with Crippen molar-refractivity contribution in [3.8, 4) is 11.5 Å². The van der Waals surface area contributed by atoms with E-state index in [2.05, 4.69) is 0 Å². The van der Waals surface area contributed by atoms with Gasteiger partial charge in [-0.25, -0.2) is 4.39 Å². The molecule has 3 aromatic carbocycles. The largest absolute Gasteiger partial charge is 0.494 e. The number of benzene rings is 3. The van der Waals surface area contributed by atoms with Gasteiger partial charge in [0.1, 0.15) is 12.3 Å². The molecule has 1 heterocycles. The number of hydrogen-bond donors (Lipinski definition) is 2. The van der Waals surface area contributed by atoms with E-state index in [0.29, 0.717) is 26.1 Å². The summed E-state index contributed by atoms with van der Waals surface area (Å²) < 4.78 is 26.6. The van der Waals surface area contributed by atoms with Crippen molar-refractivity contribution in [3.05, 3.63) is 95.4 Å². The molecule has 4 aromatic rings. The summed E-state index contributed by atoms with van der Waals surface area (Å²) in [5.41, 5.74) is 3.58. The molecule has 208 valence electrons. The summed E-state index contributed by atoms with van der Waals surface area (Å²) in [6.07, 6.45) is 8.35. The summed E-state index contributed by atoms with van der Waals surface area (Å²) in [5, 5.41) is 19.3. The van der Waals surface area contributed by atoms with Crippen LogP contribution in [0.2, 0.25) is 0 Å². The lowest BCUT2D eigenvalue weighted by Gasteiger charge is -2.08. The molecule has 0 aliphatic heterocycles. The van der Waals surface area contributed by atoms with Crippen LogP contribution in [0, 0.1) is 5.82 Å². The number of rotatable bonds is 15. The average Bonchev–Trinajstić information content (AvgIpc) is 3.28. The van der Waals surface area contributed by atoms with Crippen molar-refractivity contribution < 1.29 is 33.7 Å². The van der Waals surface area contributed by atoms with Crippen LogP contribution in [0.15, 0.2) is 72.9 Å². The van der Waals surface area contributed by atoms with Crippen LogP contribution in [0.3, 0.4) is 0 Å². The van der Waals surface area contributed by atoms with Crippen molar-refractivity contribution in [2.24, 2.45) is 0 Å². The number of para-hydroxylation sites is 2. The predicted molar refractivity (Wildman–Crippen MR) is 152 cm³/mol. The van der Waals surface area contributed by atoms with Crippen molar-refractivity contribution in [2.45, 2.75) is 38.6 Å². The first-order valence-corrected chi connectivity index (χ1v) is 13.2. The molecule has 0 saturated carbocycles. The fourth-order valence-corrected chi connectivity index (χ4v) is 4.50. The first-order chi connectivity index (χ1) is 19.4. The number of carboxylic acids is 2. The number of aliphatic carboxylic acids is 2. The Morgan fingerprint density at radius 1 is 0.825 bits per heavy atom. The van der Waals surface area contributed by atoms with Crippen LogP contribution in [-0.4, -0.2) is 39.9 Å². The van der Waals surface area contributed by atoms with Gasteiger partial charge in [-0.1, -0.05) is 54.6 Å². The predicted octanol–water partition coefficient (Wildman–Crippen LogP) is 6.68. The minimum Gasteiger partial charge on any atom is -0.494 e. The Kier molecular flexibility index (Phi) is 9.93. The van der Waals surface area contributed by atoms with Gasteiger partial charge in [-0.15, -0.1) is 0 Å². The summed E-state index contributed by atoms with van der Waals surface area (Å²) in [5.74, 6) is -1.15. The zero-order chi connectivity index (χ0) is 28.3. The van der Waals surface area contributed by atoms with Crippen LogP contribution in [0.5, 0.6) is 11.5 Å². The molecule has 1 aromatic heterocycles. The van der Waals surface area contributed by atoms with E-state index in [9.17, 15) is 19.1 Å². The average molecular weight is 546 g/mol. The molecule has 40 heavy (non-hydrogen) atoms. The zero-order valence-electron chi connectivity index (χ0n) is 22.1. The highest BCUT2D eigenvalue weighted by molar-refractivity contribution is 5.94. The number of ether oxygens (including phenoxy) is 2. The Morgan fingerprint density at radius 2 is 1.57 bits per heavy atom. The summed E-state index contributed by atoms with van der Waals surface area (Å²) in [4.78, 5) is 22.4. The molecule has 0 saturated heterocycles. The van der Waals surface area contributed by atoms with Crippen molar-refractivity contribution >= 4 is 35.0 Å². The molecule has 0 spiro atoms. The number of aromatic nitrogens is 1. The van der Waals surface area contributed by atoms with Gasteiger partial charge in [0.05, 0.1) is 18.7 Å². The van der Waals surface area contributed by atoms with Crippen LogP contribution < -0.4 is 9.47 Å². The maximum absolute atomic E-state index is 13.6. The van der Waals surface area contributed by atoms with E-state index in [4.69, 9.17) is 14.6 Å². The Morgan fingerprint density at radius 3 is 2.30 bits per heavy atom. The van der Waals surface area contributed by atoms with Crippen molar-refractivity contribution in [3.63, 3.8) is 0 Å². The highest BCUT2D eigenvalue weighted by Crippen LogP contribution is 2.28. The summed E-state index contributed by atoms with van der Waals surface area (Å²) in [6.45, 7) is 0.759. The van der Waals surface area contributed by atoms with Gasteiger partial charge in [0.15, 0.2) is 11.6 Å². The van der Waals surface area contributed by atoms with E-state index in [1.54, 1.807) is 22.8 Å². The van der Waals surface area contributed by atoms with Gasteiger partial charge in [-0.05, 0) is 66.6 Å². The molecule has 0 bridgehead atoms. The molecule has 0 atom stereocenters. The van der Waals surface area contributed by atoms with Crippen molar-refractivity contribution in [1.29, 1.82) is 0 Å². The molecular weight excluding hydrogens is 513 g/mol. The molecule has 0 fully saturated rings. The van der Waals surface area contributed by atoms with E-state index in [1.165, 1.54) is 6.07 Å². The van der Waals surface area contributed by atoms with E-state index in [1.807, 2.05) is 60.8 Å². The Labute approximate surface area is 232 Å². The fraction of sp³-hybridized carbons (Fsp3) is 0.250. The lowest BCUT2D eigenvalue weighted by molar-refractivity contribution is -0.138. The molecule has 7 nitrogen and oxygen atoms in total. The Bertz CT molecular complexity index is 1470. The molecule has 0 amide bonds. The Hall–Kier alpha value is -4.59. The van der Waals surface area contributed by atoms with Gasteiger partial charge in [-0.2, -0.15) is 0 Å². The van der Waals surface area contributed by atoms with Crippen LogP contribution in [0.1, 0.15) is 42.4 Å². The number of hydrogen-bond acceptors (Lipinski definition) is 4. The topological polar surface area (TPSA) is 98.0 Å². The third-order valence-corrected chi connectivity index (χ3v) is 6.39. The van der Waals surface area contributed by atoms with Crippen LogP contribution in [-0.2, 0) is 22.6 Å². The van der Waals surface area contributed by atoms with Gasteiger partial charge in [-0.3, -0.25) is 9.59 Å². The van der Waals surface area contributed by atoms with Crippen molar-refractivity contribution in [2.75, 3.05) is 13.2 Å². The second-order valence-corrected chi connectivity index (χ2v) is 9.40. The molecule has 4 rings (SSSR count). The smallest absolute Gasteiger partial charge is 0.323 e. The molecular formula is C32H32FNO6. The van der Waals surface area contributed by atoms with Crippen LogP contribution >= 0.6 is 0 Å². The monoisotopic (exact) mass is 545 g/mol. The van der Waals surface area contributed by atoms with E-state index in [-0.39, 0.29) is 24.5 Å². The highest BCUT2D eigenvalue weighted by atomic mass is 19.1. The fourth-order valence-electron chi connectivity index (χ4n) is 4.50. The van der Waals surface area contributed by atoms with E-state index >= 15 is 0 Å². The zero-order valence-corrected chi connectivity index (χ0v) is 22.1. The SMILES string of the molecule is O=C(O)CCCc1cn(CC(=O)O)c2c(C=Cc3ccc(OCCCCOc4ccccc4F)cc3)cccc12. The van der Waals surface area contributed by atoms with Crippen molar-refractivity contribution in [1.82, 2.24) is 4.57 Å². The van der Waals surface area contributed by atoms with Crippen LogP contribution in [0.4, 0.5) is 4.39 Å². The summed E-state index contributed by atoms with van der Waals surface area (Å²) in [7, 11) is 0. The number of aryl methyl sites for hydroxylation is 1. The minimum absolute atomic E-state index is 0.0643. The minimum atomic E-state index is -0.944. The van der Waals surface area contributed by atoms with Gasteiger partial charge >= 0.3 is 11.9 Å². The maximum atomic E-state index is 13.6. The third-order valence-electron chi connectivity index (χ3n) is 6.39. The third kappa shape index (κ3) is 7.96. The second kappa shape index (κ2) is 14.0. The number of halogens is 1. The number of fused-ring (bicyclic) bond motifs is 1. The maximum Gasteiger partial charge on any atom is 0.323 e. The summed E-state index contributed by atoms with van der Waals surface area (Å²) in [6, 6.07) is 19.8. The molecule has 0 aliphatic carbocycles.